The van der Waals surface area contributed by atoms with Gasteiger partial charge in [-0.2, -0.15) is 0 Å². The average molecular weight is 407 g/mol. The summed E-state index contributed by atoms with van der Waals surface area (Å²) in [7, 11) is 0. The maximum absolute atomic E-state index is 12.5. The lowest BCUT2D eigenvalue weighted by Crippen LogP contribution is -2.46. The van der Waals surface area contributed by atoms with E-state index in [1.54, 1.807) is 18.2 Å². The van der Waals surface area contributed by atoms with Crippen LogP contribution in [0.15, 0.2) is 18.2 Å². The predicted octanol–water partition coefficient (Wildman–Crippen LogP) is 2.69. The third kappa shape index (κ3) is 3.85. The molecule has 6 heteroatoms. The van der Waals surface area contributed by atoms with E-state index in [0.717, 1.165) is 16.4 Å². The highest BCUT2D eigenvalue weighted by Gasteiger charge is 2.25. The summed E-state index contributed by atoms with van der Waals surface area (Å²) in [6.45, 7) is 2.86. The molecule has 0 spiro atoms. The van der Waals surface area contributed by atoms with Crippen LogP contribution < -0.4 is 5.32 Å². The monoisotopic (exact) mass is 406 g/mol. The second kappa shape index (κ2) is 6.76. The minimum absolute atomic E-state index is 0.0120. The molecule has 0 saturated carbocycles. The second-order valence-corrected chi connectivity index (χ2v) is 6.49. The molecular weight excluding hydrogens is 391 g/mol. The first-order valence-corrected chi connectivity index (χ1v) is 7.94. The Kier molecular flexibility index (Phi) is 5.26. The molecule has 0 unspecified atom stereocenters. The number of hydrogen-bond acceptors (Lipinski definition) is 2. The molecule has 4 nitrogen and oxygen atoms in total. The molecule has 20 heavy (non-hydrogen) atoms. The number of carbonyl (C=O) groups excluding carboxylic acids is 2. The van der Waals surface area contributed by atoms with Gasteiger partial charge < -0.3 is 10.2 Å². The summed E-state index contributed by atoms with van der Waals surface area (Å²) >= 11 is 8.03. The fourth-order valence-electron chi connectivity index (χ4n) is 2.35. The van der Waals surface area contributed by atoms with Crippen molar-refractivity contribution in [2.24, 2.45) is 0 Å². The van der Waals surface area contributed by atoms with Crippen LogP contribution in [0.3, 0.4) is 0 Å². The van der Waals surface area contributed by atoms with Crippen molar-refractivity contribution in [3.63, 3.8) is 0 Å². The van der Waals surface area contributed by atoms with Crippen LogP contribution in [0, 0.1) is 3.57 Å². The van der Waals surface area contributed by atoms with Crippen molar-refractivity contribution in [2.75, 3.05) is 13.1 Å². The Morgan fingerprint density at radius 1 is 1.35 bits per heavy atom. The van der Waals surface area contributed by atoms with Gasteiger partial charge in [0.15, 0.2) is 0 Å². The van der Waals surface area contributed by atoms with Gasteiger partial charge in [-0.3, -0.25) is 9.59 Å². The Morgan fingerprint density at radius 2 is 2.00 bits per heavy atom. The molecule has 1 N–H and O–H groups in total. The van der Waals surface area contributed by atoms with E-state index in [0.29, 0.717) is 23.7 Å². The number of halogens is 2. The van der Waals surface area contributed by atoms with E-state index >= 15 is 0 Å². The zero-order valence-electron chi connectivity index (χ0n) is 11.2. The number of carbonyl (C=O) groups is 2. The van der Waals surface area contributed by atoms with Gasteiger partial charge in [-0.1, -0.05) is 11.6 Å². The number of nitrogens with one attached hydrogen (secondary N) is 1. The molecule has 1 aromatic carbocycles. The summed E-state index contributed by atoms with van der Waals surface area (Å²) in [4.78, 5) is 25.3. The highest BCUT2D eigenvalue weighted by atomic mass is 127. The van der Waals surface area contributed by atoms with Gasteiger partial charge in [-0.15, -0.1) is 0 Å². The van der Waals surface area contributed by atoms with Crippen molar-refractivity contribution in [2.45, 2.75) is 25.8 Å². The van der Waals surface area contributed by atoms with E-state index in [9.17, 15) is 9.59 Å². The minimum atomic E-state index is -0.0120. The summed E-state index contributed by atoms with van der Waals surface area (Å²) in [6, 6.07) is 5.48. The summed E-state index contributed by atoms with van der Waals surface area (Å²) < 4.78 is 0.865. The zero-order chi connectivity index (χ0) is 14.7. The van der Waals surface area contributed by atoms with Crippen LogP contribution in [0.5, 0.6) is 0 Å². The van der Waals surface area contributed by atoms with Gasteiger partial charge in [0.05, 0.1) is 5.56 Å². The van der Waals surface area contributed by atoms with Crippen molar-refractivity contribution in [1.29, 1.82) is 0 Å². The number of hydrogen-bond donors (Lipinski definition) is 1. The molecule has 0 aromatic heterocycles. The molecule has 0 bridgehead atoms. The van der Waals surface area contributed by atoms with Crippen molar-refractivity contribution < 1.29 is 9.59 Å². The smallest absolute Gasteiger partial charge is 0.254 e. The van der Waals surface area contributed by atoms with Crippen molar-refractivity contribution in [1.82, 2.24) is 10.2 Å². The van der Waals surface area contributed by atoms with Gasteiger partial charge in [0.2, 0.25) is 5.91 Å². The number of benzene rings is 1. The second-order valence-electron chi connectivity index (χ2n) is 4.89. The molecule has 0 radical (unpaired) electrons. The van der Waals surface area contributed by atoms with Gasteiger partial charge in [0.25, 0.3) is 5.91 Å². The number of likely N-dealkylation sites (tertiary alicyclic amines) is 1. The number of amides is 2. The molecule has 1 aromatic rings. The summed E-state index contributed by atoms with van der Waals surface area (Å²) in [5, 5.41) is 3.54. The molecule has 108 valence electrons. The lowest BCUT2D eigenvalue weighted by Gasteiger charge is -2.32. The van der Waals surface area contributed by atoms with E-state index in [-0.39, 0.29) is 17.9 Å². The largest absolute Gasteiger partial charge is 0.353 e. The normalized spacial score (nSPS) is 16.1. The minimum Gasteiger partial charge on any atom is -0.353 e. The summed E-state index contributed by atoms with van der Waals surface area (Å²) in [6.07, 6.45) is 1.60. The van der Waals surface area contributed by atoms with Gasteiger partial charge >= 0.3 is 0 Å². The van der Waals surface area contributed by atoms with Crippen molar-refractivity contribution >= 4 is 46.0 Å². The van der Waals surface area contributed by atoms with Gasteiger partial charge in [-0.05, 0) is 53.6 Å². The fraction of sp³-hybridized carbons (Fsp3) is 0.429. The number of piperidine rings is 1. The third-order valence-electron chi connectivity index (χ3n) is 3.35. The van der Waals surface area contributed by atoms with Gasteiger partial charge in [0.1, 0.15) is 0 Å². The lowest BCUT2D eigenvalue weighted by molar-refractivity contribution is -0.119. The molecule has 1 fully saturated rings. The topological polar surface area (TPSA) is 49.4 Å². The molecule has 1 heterocycles. The molecular formula is C14H16ClIN2O2. The maximum atomic E-state index is 12.5. The van der Waals surface area contributed by atoms with Gasteiger partial charge in [-0.25, -0.2) is 0 Å². The lowest BCUT2D eigenvalue weighted by atomic mass is 10.0. The highest BCUT2D eigenvalue weighted by Crippen LogP contribution is 2.21. The van der Waals surface area contributed by atoms with E-state index < -0.39 is 0 Å². The fourth-order valence-corrected chi connectivity index (χ4v) is 3.45. The SMILES string of the molecule is CC(=O)NC1CCN(C(=O)c2ccc(Cl)cc2I)CC1. The predicted molar refractivity (Wildman–Crippen MR) is 86.9 cm³/mol. The van der Waals surface area contributed by atoms with E-state index in [1.807, 2.05) is 4.90 Å². The maximum Gasteiger partial charge on any atom is 0.254 e. The molecule has 2 amide bonds. The van der Waals surface area contributed by atoms with Crippen LogP contribution >= 0.6 is 34.2 Å². The van der Waals surface area contributed by atoms with Gasteiger partial charge in [0, 0.05) is 34.6 Å². The van der Waals surface area contributed by atoms with E-state index in [4.69, 9.17) is 11.6 Å². The first kappa shape index (κ1) is 15.6. The number of nitrogens with zero attached hydrogens (tertiary/aromatic N) is 1. The van der Waals surface area contributed by atoms with E-state index in [2.05, 4.69) is 27.9 Å². The Balaban J connectivity index is 1.99. The Morgan fingerprint density at radius 3 is 2.55 bits per heavy atom. The molecule has 1 saturated heterocycles. The Bertz CT molecular complexity index is 528. The van der Waals surface area contributed by atoms with Crippen LogP contribution in [0.2, 0.25) is 5.02 Å². The van der Waals surface area contributed by atoms with Crippen LogP contribution in [0.1, 0.15) is 30.1 Å². The number of rotatable bonds is 2. The first-order chi connectivity index (χ1) is 9.47. The molecule has 1 aliphatic rings. The molecule has 2 rings (SSSR count). The zero-order valence-corrected chi connectivity index (χ0v) is 14.1. The summed E-state index contributed by atoms with van der Waals surface area (Å²) in [5.74, 6) is 0.0226. The van der Waals surface area contributed by atoms with Crippen LogP contribution in [0.25, 0.3) is 0 Å². The van der Waals surface area contributed by atoms with Crippen LogP contribution in [-0.4, -0.2) is 35.8 Å². The quantitative estimate of drug-likeness (QED) is 0.768. The molecule has 0 aliphatic carbocycles. The Labute approximate surface area is 137 Å². The average Bonchev–Trinajstić information content (AvgIpc) is 2.38. The Hall–Kier alpha value is -0.820. The summed E-state index contributed by atoms with van der Waals surface area (Å²) in [5.41, 5.74) is 0.688. The first-order valence-electron chi connectivity index (χ1n) is 6.49. The van der Waals surface area contributed by atoms with Crippen LogP contribution in [0.4, 0.5) is 0 Å². The molecule has 1 aliphatic heterocycles. The van der Waals surface area contributed by atoms with Crippen LogP contribution in [-0.2, 0) is 4.79 Å². The molecule has 0 atom stereocenters. The van der Waals surface area contributed by atoms with E-state index in [1.165, 1.54) is 6.92 Å². The van der Waals surface area contributed by atoms with Crippen molar-refractivity contribution in [3.8, 4) is 0 Å². The highest BCUT2D eigenvalue weighted by molar-refractivity contribution is 14.1. The standard InChI is InChI=1S/C14H16ClIN2O2/c1-9(19)17-11-4-6-18(7-5-11)14(20)12-3-2-10(15)8-13(12)16/h2-3,8,11H,4-7H2,1H3,(H,17,19). The van der Waals surface area contributed by atoms with Crippen molar-refractivity contribution in [3.05, 3.63) is 32.4 Å². The third-order valence-corrected chi connectivity index (χ3v) is 4.48.